The molecule has 0 aromatic rings. The lowest BCUT2D eigenvalue weighted by molar-refractivity contribution is -0.162. The van der Waals surface area contributed by atoms with E-state index in [1.807, 2.05) is 6.92 Å². The second kappa shape index (κ2) is 9.35. The Bertz CT molecular complexity index is 510. The number of amides is 1. The van der Waals surface area contributed by atoms with Gasteiger partial charge in [-0.25, -0.2) is 9.59 Å². The Balaban J connectivity index is 2.23. The fraction of sp³-hybridized carbons (Fsp3) is 0.842. The van der Waals surface area contributed by atoms with Crippen LogP contribution in [0.25, 0.3) is 0 Å². The molecule has 0 spiro atoms. The van der Waals surface area contributed by atoms with Crippen molar-refractivity contribution in [3.8, 4) is 0 Å². The molecule has 2 N–H and O–H groups in total. The molecule has 0 aromatic carbocycles. The van der Waals surface area contributed by atoms with Crippen LogP contribution >= 0.6 is 0 Å². The van der Waals surface area contributed by atoms with Gasteiger partial charge in [0, 0.05) is 6.04 Å². The van der Waals surface area contributed by atoms with E-state index in [2.05, 4.69) is 5.32 Å². The number of esters is 1. The summed E-state index contributed by atoms with van der Waals surface area (Å²) in [6.07, 6.45) is 6.26. The van der Waals surface area contributed by atoms with Gasteiger partial charge in [0.15, 0.2) is 0 Å². The average Bonchev–Trinajstić information content (AvgIpc) is 3.05. The fourth-order valence-electron chi connectivity index (χ4n) is 4.31. The van der Waals surface area contributed by atoms with Gasteiger partial charge >= 0.3 is 11.9 Å². The second-order valence-corrected chi connectivity index (χ2v) is 7.42. The Morgan fingerprint density at radius 2 is 1.92 bits per heavy atom. The molecule has 1 saturated heterocycles. The van der Waals surface area contributed by atoms with E-state index in [0.29, 0.717) is 31.2 Å². The Labute approximate surface area is 155 Å². The molecule has 26 heavy (non-hydrogen) atoms. The number of carboxylic acid groups (broad SMARTS) is 1. The first-order valence-electron chi connectivity index (χ1n) is 9.88. The topological polar surface area (TPSA) is 95.9 Å². The molecule has 2 rings (SSSR count). The van der Waals surface area contributed by atoms with E-state index in [4.69, 9.17) is 4.74 Å². The number of fused-ring (bicyclic) bond motifs is 1. The molecule has 1 aliphatic carbocycles. The fourth-order valence-corrected chi connectivity index (χ4v) is 4.31. The standard InChI is InChI=1S/C19H32N2O5/c1-4-8-16(19(25)26-5-2)21(12(3)18(23)24)17(22)15-11-13-9-6-7-10-14(13)20-15/h12-16,20H,4-11H2,1-3H3,(H,23,24)/t12-,13-,14-,15-,16-/m0/s1. The van der Waals surface area contributed by atoms with E-state index in [1.165, 1.54) is 18.2 Å². The van der Waals surface area contributed by atoms with Crippen LogP contribution in [0.4, 0.5) is 0 Å². The maximum Gasteiger partial charge on any atom is 0.328 e. The van der Waals surface area contributed by atoms with E-state index in [0.717, 1.165) is 19.3 Å². The first-order chi connectivity index (χ1) is 12.4. The minimum atomic E-state index is -1.11. The molecule has 0 radical (unpaired) electrons. The van der Waals surface area contributed by atoms with Gasteiger partial charge in [0.25, 0.3) is 0 Å². The van der Waals surface area contributed by atoms with Crippen LogP contribution in [0.1, 0.15) is 65.7 Å². The highest BCUT2D eigenvalue weighted by Gasteiger charge is 2.44. The molecule has 7 nitrogen and oxygen atoms in total. The summed E-state index contributed by atoms with van der Waals surface area (Å²) in [4.78, 5) is 38.6. The van der Waals surface area contributed by atoms with Crippen LogP contribution in [0.3, 0.4) is 0 Å². The number of rotatable bonds is 8. The molecule has 1 heterocycles. The van der Waals surface area contributed by atoms with Crippen LogP contribution in [-0.2, 0) is 19.1 Å². The lowest BCUT2D eigenvalue weighted by Crippen LogP contribution is -2.57. The van der Waals surface area contributed by atoms with Crippen molar-refractivity contribution in [2.24, 2.45) is 5.92 Å². The number of aliphatic carboxylic acids is 1. The molecule has 148 valence electrons. The monoisotopic (exact) mass is 368 g/mol. The van der Waals surface area contributed by atoms with Gasteiger partial charge in [-0.05, 0) is 45.4 Å². The first-order valence-corrected chi connectivity index (χ1v) is 9.88. The Morgan fingerprint density at radius 1 is 1.23 bits per heavy atom. The summed E-state index contributed by atoms with van der Waals surface area (Å²) in [5, 5.41) is 12.9. The average molecular weight is 368 g/mol. The first kappa shape index (κ1) is 20.7. The van der Waals surface area contributed by atoms with Crippen molar-refractivity contribution in [1.29, 1.82) is 0 Å². The largest absolute Gasteiger partial charge is 0.480 e. The SMILES string of the molecule is CCC[C@@H](C(=O)OCC)N(C(=O)[C@@H]1C[C@@H]2CCCC[C@@H]2N1)[C@@H](C)C(=O)O. The number of hydrogen-bond donors (Lipinski definition) is 2. The lowest BCUT2D eigenvalue weighted by Gasteiger charge is -2.35. The van der Waals surface area contributed by atoms with Gasteiger partial charge in [-0.2, -0.15) is 0 Å². The van der Waals surface area contributed by atoms with Crippen molar-refractivity contribution in [3.05, 3.63) is 0 Å². The number of carbonyl (C=O) groups excluding carboxylic acids is 2. The minimum absolute atomic E-state index is 0.203. The highest BCUT2D eigenvalue weighted by Crippen LogP contribution is 2.34. The van der Waals surface area contributed by atoms with Crippen LogP contribution in [-0.4, -0.2) is 58.6 Å². The summed E-state index contributed by atoms with van der Waals surface area (Å²) < 4.78 is 5.13. The van der Waals surface area contributed by atoms with Gasteiger partial charge in [0.2, 0.25) is 5.91 Å². The number of nitrogens with one attached hydrogen (secondary N) is 1. The summed E-state index contributed by atoms with van der Waals surface area (Å²) in [6, 6.07) is -2.03. The summed E-state index contributed by atoms with van der Waals surface area (Å²) in [7, 11) is 0. The molecule has 5 atom stereocenters. The number of hydrogen-bond acceptors (Lipinski definition) is 5. The van der Waals surface area contributed by atoms with Gasteiger partial charge in [-0.3, -0.25) is 4.79 Å². The predicted molar refractivity (Wildman–Crippen MR) is 96.6 cm³/mol. The molecular formula is C19H32N2O5. The Morgan fingerprint density at radius 3 is 2.50 bits per heavy atom. The van der Waals surface area contributed by atoms with Crippen molar-refractivity contribution in [2.45, 2.75) is 89.9 Å². The molecule has 0 bridgehead atoms. The number of nitrogens with zero attached hydrogens (tertiary/aromatic N) is 1. The zero-order valence-electron chi connectivity index (χ0n) is 16.1. The Kier molecular flexibility index (Phi) is 7.43. The zero-order chi connectivity index (χ0) is 19.3. The van der Waals surface area contributed by atoms with Crippen molar-refractivity contribution in [3.63, 3.8) is 0 Å². The van der Waals surface area contributed by atoms with Gasteiger partial charge in [-0.1, -0.05) is 26.2 Å². The van der Waals surface area contributed by atoms with Crippen LogP contribution in [0, 0.1) is 5.92 Å². The van der Waals surface area contributed by atoms with Gasteiger partial charge in [-0.15, -0.1) is 0 Å². The second-order valence-electron chi connectivity index (χ2n) is 7.42. The third-order valence-electron chi connectivity index (χ3n) is 5.65. The molecule has 1 saturated carbocycles. The van der Waals surface area contributed by atoms with Gasteiger partial charge in [0.05, 0.1) is 12.6 Å². The molecule has 1 amide bonds. The summed E-state index contributed by atoms with van der Waals surface area (Å²) in [5.41, 5.74) is 0. The molecule has 1 aliphatic heterocycles. The Hall–Kier alpha value is -1.63. The van der Waals surface area contributed by atoms with Gasteiger partial charge < -0.3 is 20.1 Å². The highest BCUT2D eigenvalue weighted by molar-refractivity contribution is 5.91. The maximum atomic E-state index is 13.3. The number of ether oxygens (including phenoxy) is 1. The van der Waals surface area contributed by atoms with Crippen LogP contribution in [0.5, 0.6) is 0 Å². The quantitative estimate of drug-likeness (QED) is 0.636. The molecule has 2 aliphatic rings. The minimum Gasteiger partial charge on any atom is -0.480 e. The molecule has 0 unspecified atom stereocenters. The van der Waals surface area contributed by atoms with Crippen molar-refractivity contribution >= 4 is 17.8 Å². The van der Waals surface area contributed by atoms with E-state index in [-0.39, 0.29) is 12.5 Å². The normalized spacial score (nSPS) is 27.3. The highest BCUT2D eigenvalue weighted by atomic mass is 16.5. The van der Waals surface area contributed by atoms with E-state index in [9.17, 15) is 19.5 Å². The van der Waals surface area contributed by atoms with E-state index in [1.54, 1.807) is 6.92 Å². The lowest BCUT2D eigenvalue weighted by atomic mass is 9.85. The van der Waals surface area contributed by atoms with Crippen molar-refractivity contribution in [2.75, 3.05) is 6.61 Å². The predicted octanol–water partition coefficient (Wildman–Crippen LogP) is 1.94. The van der Waals surface area contributed by atoms with E-state index >= 15 is 0 Å². The van der Waals surface area contributed by atoms with Crippen molar-refractivity contribution < 1.29 is 24.2 Å². The van der Waals surface area contributed by atoms with E-state index < -0.39 is 30.1 Å². The van der Waals surface area contributed by atoms with Crippen molar-refractivity contribution in [1.82, 2.24) is 10.2 Å². The summed E-state index contributed by atoms with van der Waals surface area (Å²) in [6.45, 7) is 5.28. The number of carbonyl (C=O) groups is 3. The number of carboxylic acids is 1. The molecule has 2 fully saturated rings. The van der Waals surface area contributed by atoms with Crippen LogP contribution < -0.4 is 5.32 Å². The molecular weight excluding hydrogens is 336 g/mol. The maximum absolute atomic E-state index is 13.3. The zero-order valence-corrected chi connectivity index (χ0v) is 16.1. The smallest absolute Gasteiger partial charge is 0.328 e. The third kappa shape index (κ3) is 4.55. The molecule has 7 heteroatoms. The van der Waals surface area contributed by atoms with Crippen LogP contribution in [0.2, 0.25) is 0 Å². The third-order valence-corrected chi connectivity index (χ3v) is 5.65. The summed E-state index contributed by atoms with van der Waals surface area (Å²) in [5.74, 6) is -1.46. The molecule has 0 aromatic heterocycles. The van der Waals surface area contributed by atoms with Crippen LogP contribution in [0.15, 0.2) is 0 Å². The van der Waals surface area contributed by atoms with Gasteiger partial charge in [0.1, 0.15) is 12.1 Å². The summed E-state index contributed by atoms with van der Waals surface area (Å²) >= 11 is 0.